The minimum absolute atomic E-state index is 0.300. The van der Waals surface area contributed by atoms with Crippen LogP contribution in [0, 0.1) is 18.3 Å². The van der Waals surface area contributed by atoms with Crippen LogP contribution in [0.4, 0.5) is 5.69 Å². The molecule has 20 heavy (non-hydrogen) atoms. The molecule has 0 aliphatic carbocycles. The monoisotopic (exact) mass is 349 g/mol. The van der Waals surface area contributed by atoms with Gasteiger partial charge < -0.3 is 5.32 Å². The first-order chi connectivity index (χ1) is 9.51. The van der Waals surface area contributed by atoms with Gasteiger partial charge in [0, 0.05) is 16.4 Å². The number of hydrogen-bond acceptors (Lipinski definition) is 3. The summed E-state index contributed by atoms with van der Waals surface area (Å²) >= 11 is 9.33. The zero-order valence-electron chi connectivity index (χ0n) is 10.4. The van der Waals surface area contributed by atoms with Crippen LogP contribution in [0.25, 0.3) is 0 Å². The van der Waals surface area contributed by atoms with Gasteiger partial charge >= 0.3 is 0 Å². The lowest BCUT2D eigenvalue weighted by Crippen LogP contribution is -2.13. The van der Waals surface area contributed by atoms with Crippen molar-refractivity contribution >= 4 is 39.1 Å². The Hall–Kier alpha value is -1.90. The van der Waals surface area contributed by atoms with E-state index >= 15 is 0 Å². The molecule has 0 aliphatic heterocycles. The van der Waals surface area contributed by atoms with E-state index in [2.05, 4.69) is 26.2 Å². The predicted octanol–water partition coefficient (Wildman–Crippen LogP) is 3.93. The number of pyridine rings is 1. The average Bonchev–Trinajstić information content (AvgIpc) is 2.40. The summed E-state index contributed by atoms with van der Waals surface area (Å²) in [6, 6.07) is 8.55. The zero-order valence-corrected chi connectivity index (χ0v) is 12.8. The lowest BCUT2D eigenvalue weighted by atomic mass is 10.2. The van der Waals surface area contributed by atoms with E-state index in [1.54, 1.807) is 31.2 Å². The van der Waals surface area contributed by atoms with Crippen molar-refractivity contribution in [1.29, 1.82) is 5.26 Å². The molecule has 0 bridgehead atoms. The normalized spacial score (nSPS) is 9.90. The molecule has 6 heteroatoms. The van der Waals surface area contributed by atoms with Crippen LogP contribution in [0.15, 0.2) is 34.9 Å². The van der Waals surface area contributed by atoms with Crippen molar-refractivity contribution in [1.82, 2.24) is 4.98 Å². The number of amides is 1. The minimum atomic E-state index is -0.354. The highest BCUT2D eigenvalue weighted by atomic mass is 79.9. The Labute approximate surface area is 129 Å². The van der Waals surface area contributed by atoms with Gasteiger partial charge in [-0.05, 0) is 47.1 Å². The molecule has 1 N–H and O–H groups in total. The molecule has 4 nitrogen and oxygen atoms in total. The van der Waals surface area contributed by atoms with Crippen LogP contribution in [0.2, 0.25) is 5.02 Å². The van der Waals surface area contributed by atoms with E-state index in [1.165, 1.54) is 6.20 Å². The van der Waals surface area contributed by atoms with Crippen molar-refractivity contribution in [2.24, 2.45) is 0 Å². The van der Waals surface area contributed by atoms with E-state index < -0.39 is 0 Å². The second-order valence-corrected chi connectivity index (χ2v) is 5.33. The fraction of sp³-hybridized carbons (Fsp3) is 0.0714. The van der Waals surface area contributed by atoms with E-state index in [0.29, 0.717) is 26.3 Å². The number of benzene rings is 1. The second-order valence-electron chi connectivity index (χ2n) is 4.07. The van der Waals surface area contributed by atoms with Gasteiger partial charge in [-0.1, -0.05) is 11.6 Å². The van der Waals surface area contributed by atoms with Crippen LogP contribution in [0.1, 0.15) is 21.6 Å². The number of aryl methyl sites for hydroxylation is 1. The van der Waals surface area contributed by atoms with Gasteiger partial charge in [-0.2, -0.15) is 5.26 Å². The number of aromatic nitrogens is 1. The van der Waals surface area contributed by atoms with Crippen LogP contribution < -0.4 is 5.32 Å². The molecule has 0 saturated carbocycles. The Kier molecular flexibility index (Phi) is 4.38. The Balaban J connectivity index is 2.26. The van der Waals surface area contributed by atoms with E-state index in [-0.39, 0.29) is 5.91 Å². The highest BCUT2D eigenvalue weighted by molar-refractivity contribution is 9.10. The SMILES string of the molecule is Cc1cc(Cl)c(C(=O)Nc2ccc(C#N)cc2Br)cn1. The molecule has 2 rings (SSSR count). The molecule has 100 valence electrons. The van der Waals surface area contributed by atoms with Crippen LogP contribution in [-0.4, -0.2) is 10.9 Å². The Morgan fingerprint density at radius 3 is 2.80 bits per heavy atom. The lowest BCUT2D eigenvalue weighted by molar-refractivity contribution is 0.102. The highest BCUT2D eigenvalue weighted by Gasteiger charge is 2.13. The highest BCUT2D eigenvalue weighted by Crippen LogP contribution is 2.25. The Bertz CT molecular complexity index is 725. The van der Waals surface area contributed by atoms with E-state index in [0.717, 1.165) is 5.69 Å². The number of carbonyl (C=O) groups is 1. The van der Waals surface area contributed by atoms with Crippen molar-refractivity contribution in [3.05, 3.63) is 56.8 Å². The zero-order chi connectivity index (χ0) is 14.7. The van der Waals surface area contributed by atoms with Crippen LogP contribution >= 0.6 is 27.5 Å². The Morgan fingerprint density at radius 2 is 2.20 bits per heavy atom. The molecule has 0 unspecified atom stereocenters. The second kappa shape index (κ2) is 6.04. The maximum atomic E-state index is 12.1. The predicted molar refractivity (Wildman–Crippen MR) is 80.8 cm³/mol. The first-order valence-corrected chi connectivity index (χ1v) is 6.81. The van der Waals surface area contributed by atoms with Gasteiger partial charge in [0.2, 0.25) is 0 Å². The van der Waals surface area contributed by atoms with Gasteiger partial charge in [-0.3, -0.25) is 9.78 Å². The average molecular weight is 351 g/mol. The number of hydrogen-bond donors (Lipinski definition) is 1. The summed E-state index contributed by atoms with van der Waals surface area (Å²) < 4.78 is 0.626. The molecule has 1 heterocycles. The van der Waals surface area contributed by atoms with Crippen molar-refractivity contribution in [3.63, 3.8) is 0 Å². The third-order valence-electron chi connectivity index (χ3n) is 2.58. The van der Waals surface area contributed by atoms with Crippen LogP contribution in [0.5, 0.6) is 0 Å². The smallest absolute Gasteiger partial charge is 0.258 e. The maximum absolute atomic E-state index is 12.1. The molecular formula is C14H9BrClN3O. The quantitative estimate of drug-likeness (QED) is 0.892. The molecule has 1 aromatic heterocycles. The van der Waals surface area contributed by atoms with Gasteiger partial charge in [0.15, 0.2) is 0 Å². The molecule has 0 spiro atoms. The number of nitrogens with one attached hydrogen (secondary N) is 1. The third kappa shape index (κ3) is 3.16. The molecule has 0 fully saturated rings. The summed E-state index contributed by atoms with van der Waals surface area (Å²) in [5.41, 5.74) is 2.11. The summed E-state index contributed by atoms with van der Waals surface area (Å²) in [5, 5.41) is 11.9. The summed E-state index contributed by atoms with van der Waals surface area (Å²) in [5.74, 6) is -0.354. The molecule has 0 aliphatic rings. The molecular weight excluding hydrogens is 342 g/mol. The maximum Gasteiger partial charge on any atom is 0.258 e. The van der Waals surface area contributed by atoms with Gasteiger partial charge in [-0.15, -0.1) is 0 Å². The van der Waals surface area contributed by atoms with Gasteiger partial charge in [0.25, 0.3) is 5.91 Å². The summed E-state index contributed by atoms with van der Waals surface area (Å²) in [4.78, 5) is 16.2. The largest absolute Gasteiger partial charge is 0.321 e. The third-order valence-corrected chi connectivity index (χ3v) is 3.55. The molecule has 1 aromatic carbocycles. The fourth-order valence-electron chi connectivity index (χ4n) is 1.57. The van der Waals surface area contributed by atoms with Crippen LogP contribution in [0.3, 0.4) is 0 Å². The number of anilines is 1. The van der Waals surface area contributed by atoms with Crippen molar-refractivity contribution in [2.75, 3.05) is 5.32 Å². The van der Waals surface area contributed by atoms with Crippen molar-refractivity contribution in [3.8, 4) is 6.07 Å². The first-order valence-electron chi connectivity index (χ1n) is 5.64. The first kappa shape index (κ1) is 14.5. The number of rotatable bonds is 2. The van der Waals surface area contributed by atoms with E-state index in [1.807, 2.05) is 6.07 Å². The van der Waals surface area contributed by atoms with Gasteiger partial charge in [0.05, 0.1) is 27.9 Å². The summed E-state index contributed by atoms with van der Waals surface area (Å²) in [6.07, 6.45) is 1.44. The van der Waals surface area contributed by atoms with Crippen LogP contribution in [-0.2, 0) is 0 Å². The van der Waals surface area contributed by atoms with E-state index in [4.69, 9.17) is 16.9 Å². The lowest BCUT2D eigenvalue weighted by Gasteiger charge is -2.09. The molecule has 0 saturated heterocycles. The van der Waals surface area contributed by atoms with Crippen molar-refractivity contribution in [2.45, 2.75) is 6.92 Å². The Morgan fingerprint density at radius 1 is 1.45 bits per heavy atom. The minimum Gasteiger partial charge on any atom is -0.321 e. The number of carbonyl (C=O) groups excluding carboxylic acids is 1. The summed E-state index contributed by atoms with van der Waals surface area (Å²) in [6.45, 7) is 1.80. The number of halogens is 2. The topological polar surface area (TPSA) is 65.8 Å². The molecule has 1 amide bonds. The van der Waals surface area contributed by atoms with Gasteiger partial charge in [0.1, 0.15) is 0 Å². The fourth-order valence-corrected chi connectivity index (χ4v) is 2.34. The summed E-state index contributed by atoms with van der Waals surface area (Å²) in [7, 11) is 0. The number of nitrogens with zero attached hydrogens (tertiary/aromatic N) is 2. The number of nitriles is 1. The van der Waals surface area contributed by atoms with E-state index in [9.17, 15) is 4.79 Å². The molecule has 0 radical (unpaired) electrons. The van der Waals surface area contributed by atoms with Gasteiger partial charge in [-0.25, -0.2) is 0 Å². The standard InChI is InChI=1S/C14H9BrClN3O/c1-8-4-12(16)10(7-18-8)14(20)19-13-3-2-9(6-17)5-11(13)15/h2-5,7H,1H3,(H,19,20). The molecule has 0 atom stereocenters. The van der Waals surface area contributed by atoms with Crippen molar-refractivity contribution < 1.29 is 4.79 Å². The molecule has 2 aromatic rings.